The van der Waals surface area contributed by atoms with Gasteiger partial charge < -0.3 is 0 Å². The van der Waals surface area contributed by atoms with Crippen LogP contribution in [0.15, 0.2) is 0 Å². The molecule has 1 nitrogen and oxygen atoms in total. The van der Waals surface area contributed by atoms with Crippen molar-refractivity contribution in [2.75, 3.05) is 0 Å². The molecule has 0 rings (SSSR count). The van der Waals surface area contributed by atoms with Crippen molar-refractivity contribution in [3.63, 3.8) is 0 Å². The quantitative estimate of drug-likeness (QED) is 0.491. The Balaban J connectivity index is 0. The molecule has 0 aromatic heterocycles. The van der Waals surface area contributed by atoms with Gasteiger partial charge in [0.1, 0.15) is 0 Å². The zero-order valence-electron chi connectivity index (χ0n) is 1.57. The largest absolute Gasteiger partial charge is 4.00 e. The minimum absolute atomic E-state index is 0. The molecule has 0 amide bonds. The smallest absolute Gasteiger partial charge is 0.166 e. The van der Waals surface area contributed by atoms with Gasteiger partial charge in [-0.3, -0.25) is 0 Å². The van der Waals surface area contributed by atoms with Gasteiger partial charge >= 0.3 is 17.4 Å². The summed E-state index contributed by atoms with van der Waals surface area (Å²) in [6.07, 6.45) is 0. The maximum absolute atomic E-state index is 4.26. The summed E-state index contributed by atoms with van der Waals surface area (Å²) in [5.74, 6) is 0. The zero-order valence-corrected chi connectivity index (χ0v) is 4.36. The first-order valence-corrected chi connectivity index (χ1v) is 0.926. The van der Waals surface area contributed by atoms with Crippen LogP contribution in [0, 0.1) is 0 Å². The summed E-state index contributed by atoms with van der Waals surface area (Å²) in [5, 5.41) is 0. The third-order valence-electron chi connectivity index (χ3n) is 0. The summed E-state index contributed by atoms with van der Waals surface area (Å²) in [5.41, 5.74) is 0. The van der Waals surface area contributed by atoms with Crippen LogP contribution in [0.5, 0.6) is 0 Å². The first-order chi connectivity index (χ1) is 1.41. The second-order valence-corrected chi connectivity index (χ2v) is 0.525. The predicted octanol–water partition coefficient (Wildman–Crippen LogP) is 1.31. The maximum Gasteiger partial charge on any atom is 4.00 e. The molecule has 0 atom stereocenters. The molecule has 0 spiro atoms. The Morgan fingerprint density at radius 2 is 1.25 bits per heavy atom. The Morgan fingerprint density at radius 1 is 1.25 bits per heavy atom. The minimum Gasteiger partial charge on any atom is -0.166 e. The number of rotatable bonds is 0. The third-order valence-corrected chi connectivity index (χ3v) is 0. The van der Waals surface area contributed by atoms with E-state index in [0.29, 0.717) is 0 Å². The van der Waals surface area contributed by atoms with Crippen LogP contribution in [0.4, 0.5) is 0 Å². The topological polar surface area (TPSA) is 9.23 Å². The van der Waals surface area contributed by atoms with Gasteiger partial charge in [0.15, 0.2) is 0 Å². The molecule has 0 bridgehead atoms. The van der Waals surface area contributed by atoms with E-state index in [1.807, 2.05) is 0 Å². The molecule has 0 aromatic rings. The number of hydrogen-bond acceptors (Lipinski definition) is 1. The van der Waals surface area contributed by atoms with Crippen LogP contribution in [0.25, 0.3) is 0 Å². The van der Waals surface area contributed by atoms with Gasteiger partial charge in [-0.15, -0.1) is 0 Å². The number of hydrogen-bond donors (Lipinski definition) is 0. The standard InChI is InChI=1S/Cl2O.Cr/c1-3-2;/q;+4. The Hall–Kier alpha value is 1.07. The second-order valence-electron chi connectivity index (χ2n) is 0.0583. The van der Waals surface area contributed by atoms with Gasteiger partial charge in [0.2, 0.25) is 0 Å². The molecule has 0 aliphatic carbocycles. The van der Waals surface area contributed by atoms with E-state index in [9.17, 15) is 0 Å². The van der Waals surface area contributed by atoms with Gasteiger partial charge in [-0.2, -0.15) is 3.84 Å². The zero-order chi connectivity index (χ0) is 2.71. The fraction of sp³-hybridized carbons (Fsp3) is 0. The molecule has 4 heavy (non-hydrogen) atoms. The van der Waals surface area contributed by atoms with Crippen LogP contribution in [0.1, 0.15) is 0 Å². The van der Waals surface area contributed by atoms with E-state index in [0.717, 1.165) is 0 Å². The van der Waals surface area contributed by atoms with Gasteiger partial charge in [0.25, 0.3) is 0 Å². The van der Waals surface area contributed by atoms with E-state index in [4.69, 9.17) is 0 Å². The second kappa shape index (κ2) is 8.95. The normalized spacial score (nSPS) is 4.50. The molecular weight excluding hydrogens is 139 g/mol. The summed E-state index contributed by atoms with van der Waals surface area (Å²) in [7, 11) is 0. The fourth-order valence-electron chi connectivity index (χ4n) is 0. The van der Waals surface area contributed by atoms with Crippen molar-refractivity contribution in [3.8, 4) is 0 Å². The summed E-state index contributed by atoms with van der Waals surface area (Å²) in [4.78, 5) is 0. The summed E-state index contributed by atoms with van der Waals surface area (Å²) < 4.78 is 3.19. The van der Waals surface area contributed by atoms with Crippen LogP contribution in [-0.2, 0) is 21.2 Å². The van der Waals surface area contributed by atoms with Gasteiger partial charge in [0, 0.05) is 0 Å². The van der Waals surface area contributed by atoms with Gasteiger partial charge in [-0.05, 0) is 0 Å². The van der Waals surface area contributed by atoms with Crippen LogP contribution in [0.2, 0.25) is 0 Å². The maximum atomic E-state index is 4.26. The molecule has 4 heteroatoms. The van der Waals surface area contributed by atoms with Crippen molar-refractivity contribution in [3.05, 3.63) is 0 Å². The Bertz CT molecular complexity index is 6.00. The molecule has 0 aliphatic heterocycles. The predicted molar refractivity (Wildman–Crippen MR) is 12.8 cm³/mol. The van der Waals surface area contributed by atoms with Crippen molar-refractivity contribution in [2.24, 2.45) is 0 Å². The molecule has 0 unspecified atom stereocenters. The van der Waals surface area contributed by atoms with E-state index in [-0.39, 0.29) is 17.4 Å². The number of halogens is 2. The van der Waals surface area contributed by atoms with E-state index in [2.05, 4.69) is 27.6 Å². The minimum atomic E-state index is 0. The van der Waals surface area contributed by atoms with Crippen molar-refractivity contribution in [1.29, 1.82) is 0 Å². The van der Waals surface area contributed by atoms with E-state index < -0.39 is 0 Å². The molecule has 0 aromatic carbocycles. The van der Waals surface area contributed by atoms with Crippen molar-refractivity contribution >= 4 is 23.7 Å². The molecule has 0 fully saturated rings. The Kier molecular flexibility index (Phi) is 19.9. The summed E-state index contributed by atoms with van der Waals surface area (Å²) in [6.45, 7) is 0. The molecule has 0 aliphatic rings. The molecule has 0 saturated carbocycles. The SMILES string of the molecule is ClOCl.[Cr+4]. The molecule has 0 radical (unpaired) electrons. The van der Waals surface area contributed by atoms with Gasteiger partial charge in [-0.1, -0.05) is 0 Å². The first-order valence-electron chi connectivity index (χ1n) is 0.309. The average Bonchev–Trinajstić information content (AvgIpc) is 0.918. The summed E-state index contributed by atoms with van der Waals surface area (Å²) in [6, 6.07) is 0. The van der Waals surface area contributed by atoms with Gasteiger partial charge in [-0.25, -0.2) is 0 Å². The first kappa shape index (κ1) is 8.91. The third kappa shape index (κ3) is 11.5. The Morgan fingerprint density at radius 3 is 1.25 bits per heavy atom. The molecule has 0 saturated heterocycles. The van der Waals surface area contributed by atoms with Crippen LogP contribution in [0.3, 0.4) is 0 Å². The average molecular weight is 139 g/mol. The van der Waals surface area contributed by atoms with Crippen LogP contribution >= 0.6 is 23.7 Å². The van der Waals surface area contributed by atoms with Crippen molar-refractivity contribution in [1.82, 2.24) is 0 Å². The molecular formula is Cl2CrO+4. The van der Waals surface area contributed by atoms with Crippen LogP contribution in [-0.4, -0.2) is 0 Å². The molecule has 22 valence electrons. The van der Waals surface area contributed by atoms with Crippen molar-refractivity contribution in [2.45, 2.75) is 0 Å². The fourth-order valence-corrected chi connectivity index (χ4v) is 0. The van der Waals surface area contributed by atoms with E-state index >= 15 is 0 Å². The Labute approximate surface area is 45.3 Å². The van der Waals surface area contributed by atoms with E-state index in [1.165, 1.54) is 0 Å². The molecule has 0 heterocycles. The summed E-state index contributed by atoms with van der Waals surface area (Å²) >= 11 is 8.53. The van der Waals surface area contributed by atoms with E-state index in [1.54, 1.807) is 0 Å². The molecule has 0 N–H and O–H groups in total. The van der Waals surface area contributed by atoms with Crippen LogP contribution < -0.4 is 0 Å². The monoisotopic (exact) mass is 138 g/mol. The van der Waals surface area contributed by atoms with Gasteiger partial charge in [0.05, 0.1) is 23.7 Å². The van der Waals surface area contributed by atoms with Crippen molar-refractivity contribution < 1.29 is 21.2 Å².